The summed E-state index contributed by atoms with van der Waals surface area (Å²) >= 11 is 0. The molecule has 0 spiro atoms. The van der Waals surface area contributed by atoms with Crippen LogP contribution in [0.1, 0.15) is 11.1 Å². The number of aromatic nitrogens is 1. The third-order valence-electron chi connectivity index (χ3n) is 5.02. The van der Waals surface area contributed by atoms with Crippen molar-refractivity contribution in [1.82, 2.24) is 15.6 Å². The number of carbonyl (C=O) groups is 1. The first-order chi connectivity index (χ1) is 16.9. The molecule has 0 bridgehead atoms. The van der Waals surface area contributed by atoms with Crippen molar-refractivity contribution in [2.24, 2.45) is 0 Å². The average Bonchev–Trinajstić information content (AvgIpc) is 2.83. The van der Waals surface area contributed by atoms with Crippen LogP contribution in [0, 0.1) is 11.6 Å². The zero-order valence-corrected chi connectivity index (χ0v) is 19.4. The SMILES string of the molecule is C=C(NCCS(=O)(=O)c1ccc(F)c(F)c1)C(=O)NCc1ccnc(-c2ccc(C(F)(F)F)cc2)c1. The third kappa shape index (κ3) is 6.87. The van der Waals surface area contributed by atoms with E-state index in [4.69, 9.17) is 0 Å². The lowest BCUT2D eigenvalue weighted by molar-refractivity contribution is -0.137. The second kappa shape index (κ2) is 10.9. The van der Waals surface area contributed by atoms with Crippen LogP contribution in [-0.2, 0) is 27.4 Å². The number of benzene rings is 2. The van der Waals surface area contributed by atoms with E-state index in [1.54, 1.807) is 12.1 Å². The van der Waals surface area contributed by atoms with Crippen molar-refractivity contribution < 1.29 is 35.2 Å². The highest BCUT2D eigenvalue weighted by Gasteiger charge is 2.30. The van der Waals surface area contributed by atoms with E-state index in [9.17, 15) is 35.2 Å². The van der Waals surface area contributed by atoms with Crippen molar-refractivity contribution >= 4 is 15.7 Å². The first-order valence-corrected chi connectivity index (χ1v) is 12.0. The predicted octanol–water partition coefficient (Wildman–Crippen LogP) is 4.24. The molecule has 0 aliphatic carbocycles. The van der Waals surface area contributed by atoms with Crippen LogP contribution in [0.15, 0.2) is 78.0 Å². The Morgan fingerprint density at radius 3 is 2.28 bits per heavy atom. The standard InChI is InChI=1S/C24H20F5N3O3S/c1-15(30-10-11-36(34,35)19-6-7-20(25)21(26)13-19)23(33)32-14-16-8-9-31-22(12-16)17-2-4-18(5-3-17)24(27,28)29/h2-9,12-13,30H,1,10-11,14H2,(H,32,33). The summed E-state index contributed by atoms with van der Waals surface area (Å²) in [5.41, 5.74) is 0.590. The molecule has 0 fully saturated rings. The fourth-order valence-electron chi connectivity index (χ4n) is 3.07. The van der Waals surface area contributed by atoms with E-state index < -0.39 is 44.9 Å². The fraction of sp³-hybridized carbons (Fsp3) is 0.167. The molecule has 0 unspecified atom stereocenters. The normalized spacial score (nSPS) is 11.7. The highest BCUT2D eigenvalue weighted by molar-refractivity contribution is 7.91. The number of rotatable bonds is 9. The molecule has 36 heavy (non-hydrogen) atoms. The van der Waals surface area contributed by atoms with Gasteiger partial charge in [0.25, 0.3) is 5.91 Å². The highest BCUT2D eigenvalue weighted by Crippen LogP contribution is 2.30. The van der Waals surface area contributed by atoms with Crippen LogP contribution in [-0.4, -0.2) is 31.6 Å². The van der Waals surface area contributed by atoms with E-state index in [-0.39, 0.29) is 23.7 Å². The first-order valence-electron chi connectivity index (χ1n) is 10.4. The lowest BCUT2D eigenvalue weighted by Gasteiger charge is -2.12. The van der Waals surface area contributed by atoms with E-state index in [0.717, 1.165) is 18.2 Å². The predicted molar refractivity (Wildman–Crippen MR) is 122 cm³/mol. The quantitative estimate of drug-likeness (QED) is 0.248. The molecule has 3 aromatic rings. The molecule has 0 aliphatic heterocycles. The summed E-state index contributed by atoms with van der Waals surface area (Å²) in [7, 11) is -3.93. The number of nitrogens with zero attached hydrogens (tertiary/aromatic N) is 1. The van der Waals surface area contributed by atoms with E-state index >= 15 is 0 Å². The van der Waals surface area contributed by atoms with Gasteiger partial charge in [0.15, 0.2) is 21.5 Å². The number of carbonyl (C=O) groups excluding carboxylic acids is 1. The Kier molecular flexibility index (Phi) is 8.08. The molecule has 0 aliphatic rings. The summed E-state index contributed by atoms with van der Waals surface area (Å²) in [6.45, 7) is 3.38. The monoisotopic (exact) mass is 525 g/mol. The van der Waals surface area contributed by atoms with Crippen molar-refractivity contribution in [3.05, 3.63) is 95.8 Å². The number of sulfone groups is 1. The average molecular weight is 525 g/mol. The Morgan fingerprint density at radius 2 is 1.64 bits per heavy atom. The van der Waals surface area contributed by atoms with Gasteiger partial charge in [0, 0.05) is 24.8 Å². The summed E-state index contributed by atoms with van der Waals surface area (Å²) < 4.78 is 89.1. The molecule has 1 amide bonds. The van der Waals surface area contributed by atoms with Crippen LogP contribution in [0.25, 0.3) is 11.3 Å². The molecule has 1 aromatic heterocycles. The van der Waals surface area contributed by atoms with Gasteiger partial charge in [0.2, 0.25) is 0 Å². The van der Waals surface area contributed by atoms with Gasteiger partial charge in [-0.1, -0.05) is 18.7 Å². The van der Waals surface area contributed by atoms with E-state index in [2.05, 4.69) is 22.2 Å². The van der Waals surface area contributed by atoms with Gasteiger partial charge >= 0.3 is 6.18 Å². The van der Waals surface area contributed by atoms with E-state index in [1.165, 1.54) is 18.3 Å². The topological polar surface area (TPSA) is 88.2 Å². The lowest BCUT2D eigenvalue weighted by Crippen LogP contribution is -2.33. The van der Waals surface area contributed by atoms with Gasteiger partial charge < -0.3 is 10.6 Å². The molecule has 6 nitrogen and oxygen atoms in total. The van der Waals surface area contributed by atoms with Crippen LogP contribution < -0.4 is 10.6 Å². The molecule has 0 saturated heterocycles. The third-order valence-corrected chi connectivity index (χ3v) is 6.73. The van der Waals surface area contributed by atoms with Crippen molar-refractivity contribution in [3.63, 3.8) is 0 Å². The van der Waals surface area contributed by atoms with Gasteiger partial charge in [0.1, 0.15) is 0 Å². The second-order valence-corrected chi connectivity index (χ2v) is 9.72. The smallest absolute Gasteiger partial charge is 0.380 e. The molecule has 0 saturated carbocycles. The van der Waals surface area contributed by atoms with Crippen LogP contribution in [0.5, 0.6) is 0 Å². The Hall–Kier alpha value is -3.80. The Labute approximate surface area is 203 Å². The molecule has 1 heterocycles. The Bertz CT molecular complexity index is 1370. The van der Waals surface area contributed by atoms with Crippen LogP contribution in [0.4, 0.5) is 22.0 Å². The van der Waals surface area contributed by atoms with Gasteiger partial charge in [-0.15, -0.1) is 0 Å². The van der Waals surface area contributed by atoms with Crippen LogP contribution in [0.3, 0.4) is 0 Å². The Morgan fingerprint density at radius 1 is 0.944 bits per heavy atom. The maximum atomic E-state index is 13.3. The van der Waals surface area contributed by atoms with Gasteiger partial charge in [-0.3, -0.25) is 9.78 Å². The van der Waals surface area contributed by atoms with Crippen molar-refractivity contribution in [2.45, 2.75) is 17.6 Å². The molecule has 0 radical (unpaired) electrons. The molecular weight excluding hydrogens is 505 g/mol. The molecular formula is C24H20F5N3O3S. The molecule has 2 aromatic carbocycles. The second-order valence-electron chi connectivity index (χ2n) is 7.61. The van der Waals surface area contributed by atoms with E-state index in [0.29, 0.717) is 29.0 Å². The number of nitrogens with one attached hydrogen (secondary N) is 2. The molecule has 12 heteroatoms. The number of halogens is 5. The van der Waals surface area contributed by atoms with Crippen molar-refractivity contribution in [1.29, 1.82) is 0 Å². The largest absolute Gasteiger partial charge is 0.416 e. The zero-order chi connectivity index (χ0) is 26.5. The number of hydrogen-bond acceptors (Lipinski definition) is 5. The number of alkyl halides is 3. The summed E-state index contributed by atoms with van der Waals surface area (Å²) in [5.74, 6) is -3.57. The van der Waals surface area contributed by atoms with Crippen molar-refractivity contribution in [3.8, 4) is 11.3 Å². The van der Waals surface area contributed by atoms with Gasteiger partial charge in [0.05, 0.1) is 27.6 Å². The number of amides is 1. The lowest BCUT2D eigenvalue weighted by atomic mass is 10.1. The number of hydrogen-bond donors (Lipinski definition) is 2. The minimum atomic E-state index is -4.45. The fourth-order valence-corrected chi connectivity index (χ4v) is 4.23. The molecule has 0 atom stereocenters. The highest BCUT2D eigenvalue weighted by atomic mass is 32.2. The summed E-state index contributed by atoms with van der Waals surface area (Å²) in [5, 5.41) is 5.15. The molecule has 2 N–H and O–H groups in total. The summed E-state index contributed by atoms with van der Waals surface area (Å²) in [4.78, 5) is 16.0. The summed E-state index contributed by atoms with van der Waals surface area (Å²) in [6, 6.07) is 9.96. The Balaban J connectivity index is 1.52. The minimum Gasteiger partial charge on any atom is -0.380 e. The van der Waals surface area contributed by atoms with Gasteiger partial charge in [-0.25, -0.2) is 17.2 Å². The zero-order valence-electron chi connectivity index (χ0n) is 18.6. The van der Waals surface area contributed by atoms with Crippen LogP contribution >= 0.6 is 0 Å². The van der Waals surface area contributed by atoms with Crippen molar-refractivity contribution in [2.75, 3.05) is 12.3 Å². The van der Waals surface area contributed by atoms with E-state index in [1.807, 2.05) is 0 Å². The maximum absolute atomic E-state index is 13.3. The number of pyridine rings is 1. The molecule has 190 valence electrons. The summed E-state index contributed by atoms with van der Waals surface area (Å²) in [6.07, 6.45) is -3.00. The maximum Gasteiger partial charge on any atom is 0.416 e. The minimum absolute atomic E-state index is 0.0445. The van der Waals surface area contributed by atoms with Gasteiger partial charge in [-0.2, -0.15) is 13.2 Å². The molecule has 3 rings (SSSR count). The first kappa shape index (κ1) is 26.8. The van der Waals surface area contributed by atoms with Gasteiger partial charge in [-0.05, 0) is 48.0 Å². The van der Waals surface area contributed by atoms with Crippen LogP contribution in [0.2, 0.25) is 0 Å².